The number of amides is 2. The maximum atomic E-state index is 12.6. The number of hydrogen-bond acceptors (Lipinski definition) is 4. The minimum absolute atomic E-state index is 0.0969. The van der Waals surface area contributed by atoms with Crippen molar-refractivity contribution < 1.29 is 14.3 Å². The third-order valence-corrected chi connectivity index (χ3v) is 3.79. The fourth-order valence-electron chi connectivity index (χ4n) is 2.60. The van der Waals surface area contributed by atoms with E-state index < -0.39 is 0 Å². The Labute approximate surface area is 136 Å². The SMILES string of the molecule is C=C(C)COc1cccc(C(=O)N2CCCC(C(=O)NN)C2)c1. The Morgan fingerprint density at radius 3 is 2.96 bits per heavy atom. The highest BCUT2D eigenvalue weighted by molar-refractivity contribution is 5.95. The maximum absolute atomic E-state index is 12.6. The third-order valence-electron chi connectivity index (χ3n) is 3.79. The summed E-state index contributed by atoms with van der Waals surface area (Å²) < 4.78 is 5.57. The number of hydrazine groups is 1. The normalized spacial score (nSPS) is 17.5. The Hall–Kier alpha value is -2.34. The molecule has 0 bridgehead atoms. The Balaban J connectivity index is 2.06. The van der Waals surface area contributed by atoms with Crippen molar-refractivity contribution in [3.8, 4) is 5.75 Å². The Kier molecular flexibility index (Phi) is 5.76. The first-order chi connectivity index (χ1) is 11.0. The fourth-order valence-corrected chi connectivity index (χ4v) is 2.60. The lowest BCUT2D eigenvalue weighted by atomic mass is 9.96. The van der Waals surface area contributed by atoms with E-state index in [9.17, 15) is 9.59 Å². The number of ether oxygens (including phenoxy) is 1. The molecule has 0 saturated carbocycles. The molecule has 3 N–H and O–H groups in total. The van der Waals surface area contributed by atoms with Crippen molar-refractivity contribution in [1.82, 2.24) is 10.3 Å². The summed E-state index contributed by atoms with van der Waals surface area (Å²) in [5.41, 5.74) is 3.63. The minimum atomic E-state index is -0.249. The largest absolute Gasteiger partial charge is 0.489 e. The van der Waals surface area contributed by atoms with Crippen molar-refractivity contribution in [2.75, 3.05) is 19.7 Å². The van der Waals surface area contributed by atoms with Crippen LogP contribution in [0.2, 0.25) is 0 Å². The van der Waals surface area contributed by atoms with Gasteiger partial charge in [-0.1, -0.05) is 12.6 Å². The van der Waals surface area contributed by atoms with E-state index >= 15 is 0 Å². The number of nitrogens with zero attached hydrogens (tertiary/aromatic N) is 1. The van der Waals surface area contributed by atoms with E-state index in [0.717, 1.165) is 18.4 Å². The third kappa shape index (κ3) is 4.56. The second-order valence-corrected chi connectivity index (χ2v) is 5.87. The molecule has 0 spiro atoms. The van der Waals surface area contributed by atoms with Gasteiger partial charge in [0.15, 0.2) is 0 Å². The number of carbonyl (C=O) groups excluding carboxylic acids is 2. The number of rotatable bonds is 5. The first-order valence-corrected chi connectivity index (χ1v) is 7.68. The lowest BCUT2D eigenvalue weighted by Crippen LogP contribution is -2.47. The molecule has 1 aliphatic rings. The highest BCUT2D eigenvalue weighted by Gasteiger charge is 2.28. The highest BCUT2D eigenvalue weighted by Crippen LogP contribution is 2.21. The second-order valence-electron chi connectivity index (χ2n) is 5.87. The molecular formula is C17H23N3O3. The Bertz CT molecular complexity index is 601. The van der Waals surface area contributed by atoms with Crippen LogP contribution in [0.3, 0.4) is 0 Å². The molecule has 0 aromatic heterocycles. The predicted octanol–water partition coefficient (Wildman–Crippen LogP) is 1.48. The Morgan fingerprint density at radius 2 is 2.26 bits per heavy atom. The van der Waals surface area contributed by atoms with Crippen molar-refractivity contribution >= 4 is 11.8 Å². The molecule has 2 rings (SSSR count). The summed E-state index contributed by atoms with van der Waals surface area (Å²) in [5, 5.41) is 0. The lowest BCUT2D eigenvalue weighted by molar-refractivity contribution is -0.126. The average molecular weight is 317 g/mol. The molecule has 1 aliphatic heterocycles. The van der Waals surface area contributed by atoms with Crippen LogP contribution in [-0.2, 0) is 4.79 Å². The van der Waals surface area contributed by atoms with Crippen molar-refractivity contribution in [2.45, 2.75) is 19.8 Å². The van der Waals surface area contributed by atoms with Gasteiger partial charge in [-0.15, -0.1) is 0 Å². The summed E-state index contributed by atoms with van der Waals surface area (Å²) in [6.45, 7) is 7.11. The molecule has 1 heterocycles. The fraction of sp³-hybridized carbons (Fsp3) is 0.412. The number of nitrogens with two attached hydrogens (primary N) is 1. The second kappa shape index (κ2) is 7.78. The van der Waals surface area contributed by atoms with E-state index in [0.29, 0.717) is 31.0 Å². The van der Waals surface area contributed by atoms with Crippen LogP contribution in [0.25, 0.3) is 0 Å². The molecular weight excluding hydrogens is 294 g/mol. The quantitative estimate of drug-likeness (QED) is 0.373. The molecule has 2 amide bonds. The van der Waals surface area contributed by atoms with Gasteiger partial charge in [0, 0.05) is 18.7 Å². The van der Waals surface area contributed by atoms with Gasteiger partial charge in [-0.25, -0.2) is 5.84 Å². The minimum Gasteiger partial charge on any atom is -0.489 e. The summed E-state index contributed by atoms with van der Waals surface area (Å²) in [5.74, 6) is 5.25. The molecule has 1 aromatic rings. The average Bonchev–Trinajstić information content (AvgIpc) is 2.59. The van der Waals surface area contributed by atoms with Crippen LogP contribution in [0, 0.1) is 5.92 Å². The van der Waals surface area contributed by atoms with Gasteiger partial charge in [-0.3, -0.25) is 15.0 Å². The predicted molar refractivity (Wildman–Crippen MR) is 87.7 cm³/mol. The zero-order valence-electron chi connectivity index (χ0n) is 13.4. The summed E-state index contributed by atoms with van der Waals surface area (Å²) in [6.07, 6.45) is 1.53. The van der Waals surface area contributed by atoms with Crippen LogP contribution in [-0.4, -0.2) is 36.4 Å². The molecule has 1 aromatic carbocycles. The van der Waals surface area contributed by atoms with Crippen molar-refractivity contribution in [2.24, 2.45) is 11.8 Å². The van der Waals surface area contributed by atoms with Crippen molar-refractivity contribution in [3.63, 3.8) is 0 Å². The number of benzene rings is 1. The number of piperidine rings is 1. The van der Waals surface area contributed by atoms with Crippen LogP contribution in [0.1, 0.15) is 30.1 Å². The van der Waals surface area contributed by atoms with E-state index in [4.69, 9.17) is 10.6 Å². The zero-order valence-corrected chi connectivity index (χ0v) is 13.4. The van der Waals surface area contributed by atoms with Crippen LogP contribution in [0.4, 0.5) is 0 Å². The van der Waals surface area contributed by atoms with E-state index in [-0.39, 0.29) is 17.7 Å². The van der Waals surface area contributed by atoms with Crippen LogP contribution >= 0.6 is 0 Å². The molecule has 0 aliphatic carbocycles. The van der Waals surface area contributed by atoms with Gasteiger partial charge in [-0.2, -0.15) is 0 Å². The molecule has 1 fully saturated rings. The first kappa shape index (κ1) is 17.0. The molecule has 6 nitrogen and oxygen atoms in total. The van der Waals surface area contributed by atoms with Crippen LogP contribution in [0.5, 0.6) is 5.75 Å². The summed E-state index contributed by atoms with van der Waals surface area (Å²) in [6, 6.07) is 7.07. The molecule has 0 radical (unpaired) electrons. The van der Waals surface area contributed by atoms with Gasteiger partial charge < -0.3 is 9.64 Å². The number of hydrogen-bond donors (Lipinski definition) is 2. The number of likely N-dealkylation sites (tertiary alicyclic amines) is 1. The molecule has 1 atom stereocenters. The number of nitrogens with one attached hydrogen (secondary N) is 1. The summed E-state index contributed by atoms with van der Waals surface area (Å²) in [7, 11) is 0. The van der Waals surface area contributed by atoms with E-state index in [1.807, 2.05) is 6.92 Å². The first-order valence-electron chi connectivity index (χ1n) is 7.68. The Morgan fingerprint density at radius 1 is 1.48 bits per heavy atom. The maximum Gasteiger partial charge on any atom is 0.254 e. The highest BCUT2D eigenvalue weighted by atomic mass is 16.5. The van der Waals surface area contributed by atoms with Gasteiger partial charge in [0.1, 0.15) is 12.4 Å². The smallest absolute Gasteiger partial charge is 0.254 e. The van der Waals surface area contributed by atoms with Crippen LogP contribution in [0.15, 0.2) is 36.4 Å². The monoisotopic (exact) mass is 317 g/mol. The van der Waals surface area contributed by atoms with Gasteiger partial charge >= 0.3 is 0 Å². The summed E-state index contributed by atoms with van der Waals surface area (Å²) >= 11 is 0. The van der Waals surface area contributed by atoms with Crippen molar-refractivity contribution in [3.05, 3.63) is 42.0 Å². The van der Waals surface area contributed by atoms with Crippen LogP contribution < -0.4 is 16.0 Å². The lowest BCUT2D eigenvalue weighted by Gasteiger charge is -2.31. The zero-order chi connectivity index (χ0) is 16.8. The molecule has 1 unspecified atom stereocenters. The molecule has 23 heavy (non-hydrogen) atoms. The standard InChI is InChI=1S/C17H23N3O3/c1-12(2)11-23-15-7-3-5-13(9-15)17(22)20-8-4-6-14(10-20)16(21)19-18/h3,5,7,9,14H,1,4,6,8,10-11,18H2,2H3,(H,19,21). The molecule has 6 heteroatoms. The van der Waals surface area contributed by atoms with E-state index in [2.05, 4.69) is 12.0 Å². The van der Waals surface area contributed by atoms with Gasteiger partial charge in [0.05, 0.1) is 5.92 Å². The molecule has 1 saturated heterocycles. The van der Waals surface area contributed by atoms with Gasteiger partial charge in [0.25, 0.3) is 5.91 Å². The summed E-state index contributed by atoms with van der Waals surface area (Å²) in [4.78, 5) is 26.0. The van der Waals surface area contributed by atoms with E-state index in [1.165, 1.54) is 0 Å². The van der Waals surface area contributed by atoms with Gasteiger partial charge in [0.2, 0.25) is 5.91 Å². The molecule has 124 valence electrons. The van der Waals surface area contributed by atoms with Gasteiger partial charge in [-0.05, 0) is 43.5 Å². The van der Waals surface area contributed by atoms with Crippen molar-refractivity contribution in [1.29, 1.82) is 0 Å². The number of carbonyl (C=O) groups is 2. The van der Waals surface area contributed by atoms with E-state index in [1.54, 1.807) is 29.2 Å². The topological polar surface area (TPSA) is 84.7 Å².